The Morgan fingerprint density at radius 2 is 1.68 bits per heavy atom. The van der Waals surface area contributed by atoms with Crippen LogP contribution >= 0.6 is 0 Å². The molecule has 0 saturated heterocycles. The van der Waals surface area contributed by atoms with Gasteiger partial charge in [-0.3, -0.25) is 24.0 Å². The van der Waals surface area contributed by atoms with E-state index < -0.39 is 4.92 Å². The number of hydrogen-bond acceptors (Lipinski definition) is 5. The van der Waals surface area contributed by atoms with E-state index in [2.05, 4.69) is 10.2 Å². The van der Waals surface area contributed by atoms with Crippen molar-refractivity contribution in [3.05, 3.63) is 68.6 Å². The van der Waals surface area contributed by atoms with E-state index in [1.807, 2.05) is 26.0 Å². The van der Waals surface area contributed by atoms with Gasteiger partial charge in [0.1, 0.15) is 0 Å². The number of nitrogens with zero attached hydrogens (tertiary/aromatic N) is 4. The monoisotopic (exact) mass is 423 g/mol. The second kappa shape index (κ2) is 8.86. The second-order valence-electron chi connectivity index (χ2n) is 7.10. The van der Waals surface area contributed by atoms with Crippen molar-refractivity contribution in [1.82, 2.24) is 9.13 Å². The summed E-state index contributed by atoms with van der Waals surface area (Å²) in [6, 6.07) is 9.66. The van der Waals surface area contributed by atoms with Crippen molar-refractivity contribution in [3.63, 3.8) is 0 Å². The minimum absolute atomic E-state index is 0.00718. The number of non-ortho nitro benzene ring substituents is 1. The van der Waals surface area contributed by atoms with Crippen molar-refractivity contribution < 1.29 is 9.72 Å². The SMILES string of the molecule is CCN(CC)c1cc2c(cc1NC(=O)/C=C/c1ccc([N+](=O)[O-])cc1)n(C)c(=O)n2C. The third-order valence-corrected chi connectivity index (χ3v) is 5.28. The van der Waals surface area contributed by atoms with Crippen molar-refractivity contribution in [2.45, 2.75) is 13.8 Å². The number of carbonyl (C=O) groups excluding carboxylic acids is 1. The molecular formula is C22H25N5O4. The number of imidazole rings is 1. The maximum absolute atomic E-state index is 12.6. The molecule has 1 amide bonds. The molecule has 9 heteroatoms. The average Bonchev–Trinajstić information content (AvgIpc) is 2.97. The smallest absolute Gasteiger partial charge is 0.328 e. The predicted octanol–water partition coefficient (Wildman–Crippen LogP) is 3.28. The van der Waals surface area contributed by atoms with E-state index in [0.29, 0.717) is 11.3 Å². The highest BCUT2D eigenvalue weighted by Gasteiger charge is 2.16. The Morgan fingerprint density at radius 3 is 2.23 bits per heavy atom. The van der Waals surface area contributed by atoms with Crippen LogP contribution in [0.2, 0.25) is 0 Å². The van der Waals surface area contributed by atoms with Gasteiger partial charge in [0.2, 0.25) is 5.91 Å². The van der Waals surface area contributed by atoms with E-state index in [4.69, 9.17) is 0 Å². The summed E-state index contributed by atoms with van der Waals surface area (Å²) in [6.07, 6.45) is 2.97. The topological polar surface area (TPSA) is 102 Å². The zero-order valence-corrected chi connectivity index (χ0v) is 18.0. The van der Waals surface area contributed by atoms with Gasteiger partial charge in [-0.25, -0.2) is 4.79 Å². The number of anilines is 2. The molecule has 0 aliphatic rings. The van der Waals surface area contributed by atoms with Crippen LogP contribution in [0.25, 0.3) is 17.1 Å². The zero-order valence-electron chi connectivity index (χ0n) is 18.0. The molecule has 1 heterocycles. The molecule has 0 aliphatic carbocycles. The first-order chi connectivity index (χ1) is 14.8. The van der Waals surface area contributed by atoms with E-state index in [1.165, 1.54) is 18.2 Å². The number of nitro groups is 1. The largest absolute Gasteiger partial charge is 0.370 e. The summed E-state index contributed by atoms with van der Waals surface area (Å²) in [5, 5.41) is 13.7. The van der Waals surface area contributed by atoms with Crippen LogP contribution in [0.3, 0.4) is 0 Å². The molecule has 31 heavy (non-hydrogen) atoms. The molecule has 0 aliphatic heterocycles. The maximum Gasteiger partial charge on any atom is 0.328 e. The van der Waals surface area contributed by atoms with Gasteiger partial charge in [0.05, 0.1) is 27.3 Å². The first-order valence-corrected chi connectivity index (χ1v) is 9.94. The van der Waals surface area contributed by atoms with Crippen LogP contribution in [0.1, 0.15) is 19.4 Å². The molecule has 162 valence electrons. The molecule has 1 aromatic heterocycles. The van der Waals surface area contributed by atoms with Gasteiger partial charge in [0, 0.05) is 45.4 Å². The third-order valence-electron chi connectivity index (χ3n) is 5.28. The van der Waals surface area contributed by atoms with Crippen molar-refractivity contribution in [3.8, 4) is 0 Å². The maximum atomic E-state index is 12.6. The summed E-state index contributed by atoms with van der Waals surface area (Å²) in [5.74, 6) is -0.341. The third kappa shape index (κ3) is 4.35. The molecule has 9 nitrogen and oxygen atoms in total. The van der Waals surface area contributed by atoms with Gasteiger partial charge in [-0.1, -0.05) is 0 Å². The normalized spacial score (nSPS) is 11.2. The van der Waals surface area contributed by atoms with Gasteiger partial charge < -0.3 is 10.2 Å². The average molecular weight is 423 g/mol. The molecular weight excluding hydrogens is 398 g/mol. The Kier molecular flexibility index (Phi) is 6.24. The number of nitrogens with one attached hydrogen (secondary N) is 1. The Bertz CT molecular complexity index is 1220. The highest BCUT2D eigenvalue weighted by molar-refractivity contribution is 6.05. The lowest BCUT2D eigenvalue weighted by Gasteiger charge is -2.24. The van der Waals surface area contributed by atoms with Crippen molar-refractivity contribution >= 4 is 40.1 Å². The number of amides is 1. The fraction of sp³-hybridized carbons (Fsp3) is 0.273. The minimum atomic E-state index is -0.470. The van der Waals surface area contributed by atoms with Gasteiger partial charge in [0.15, 0.2) is 0 Å². The fourth-order valence-electron chi connectivity index (χ4n) is 3.51. The number of aryl methyl sites for hydroxylation is 2. The van der Waals surface area contributed by atoms with Crippen LogP contribution in [-0.4, -0.2) is 33.1 Å². The lowest BCUT2D eigenvalue weighted by Crippen LogP contribution is -2.24. The highest BCUT2D eigenvalue weighted by atomic mass is 16.6. The number of carbonyl (C=O) groups is 1. The molecule has 2 aromatic carbocycles. The first-order valence-electron chi connectivity index (χ1n) is 9.94. The van der Waals surface area contributed by atoms with Crippen LogP contribution in [-0.2, 0) is 18.9 Å². The van der Waals surface area contributed by atoms with E-state index in [0.717, 1.165) is 29.8 Å². The number of hydrogen-bond donors (Lipinski definition) is 1. The van der Waals surface area contributed by atoms with E-state index in [9.17, 15) is 19.7 Å². The fourth-order valence-corrected chi connectivity index (χ4v) is 3.51. The molecule has 0 bridgehead atoms. The van der Waals surface area contributed by atoms with Gasteiger partial charge in [0.25, 0.3) is 5.69 Å². The Hall–Kier alpha value is -3.88. The summed E-state index contributed by atoms with van der Waals surface area (Å²) in [5.41, 5.74) is 3.47. The second-order valence-corrected chi connectivity index (χ2v) is 7.10. The standard InChI is InChI=1S/C22H25N5O4/c1-5-26(6-2)18-14-20-19(24(3)22(29)25(20)4)13-17(18)23-21(28)12-9-15-7-10-16(11-8-15)27(30)31/h7-14H,5-6H2,1-4H3,(H,23,28)/b12-9+. The summed E-state index contributed by atoms with van der Waals surface area (Å²) in [6.45, 7) is 5.53. The van der Waals surface area contributed by atoms with E-state index in [1.54, 1.807) is 41.4 Å². The molecule has 1 N–H and O–H groups in total. The molecule has 0 saturated carbocycles. The molecule has 3 aromatic rings. The first kappa shape index (κ1) is 21.8. The summed E-state index contributed by atoms with van der Waals surface area (Å²) < 4.78 is 3.13. The molecule has 0 fully saturated rings. The molecule has 0 unspecified atom stereocenters. The number of fused-ring (bicyclic) bond motifs is 1. The quantitative estimate of drug-likeness (QED) is 0.357. The highest BCUT2D eigenvalue weighted by Crippen LogP contribution is 2.31. The summed E-state index contributed by atoms with van der Waals surface area (Å²) in [7, 11) is 3.42. The van der Waals surface area contributed by atoms with Crippen molar-refractivity contribution in [1.29, 1.82) is 0 Å². The van der Waals surface area contributed by atoms with Gasteiger partial charge >= 0.3 is 5.69 Å². The zero-order chi connectivity index (χ0) is 22.7. The number of benzene rings is 2. The van der Waals surface area contributed by atoms with E-state index in [-0.39, 0.29) is 17.3 Å². The van der Waals surface area contributed by atoms with Crippen LogP contribution in [0.5, 0.6) is 0 Å². The van der Waals surface area contributed by atoms with Gasteiger partial charge in [-0.15, -0.1) is 0 Å². The van der Waals surface area contributed by atoms with E-state index >= 15 is 0 Å². The van der Waals surface area contributed by atoms with Crippen molar-refractivity contribution in [2.75, 3.05) is 23.3 Å². The van der Waals surface area contributed by atoms with Crippen LogP contribution in [0.15, 0.2) is 47.3 Å². The van der Waals surface area contributed by atoms with Gasteiger partial charge in [-0.2, -0.15) is 0 Å². The number of nitro benzene ring substituents is 1. The lowest BCUT2D eigenvalue weighted by atomic mass is 10.2. The summed E-state index contributed by atoms with van der Waals surface area (Å²) >= 11 is 0. The van der Waals surface area contributed by atoms with Crippen LogP contribution in [0, 0.1) is 10.1 Å². The Morgan fingerprint density at radius 1 is 1.10 bits per heavy atom. The van der Waals surface area contributed by atoms with Crippen molar-refractivity contribution in [2.24, 2.45) is 14.1 Å². The molecule has 0 atom stereocenters. The minimum Gasteiger partial charge on any atom is -0.370 e. The number of rotatable bonds is 7. The predicted molar refractivity (Wildman–Crippen MR) is 122 cm³/mol. The lowest BCUT2D eigenvalue weighted by molar-refractivity contribution is -0.384. The van der Waals surface area contributed by atoms with Crippen LogP contribution in [0.4, 0.5) is 17.1 Å². The molecule has 3 rings (SSSR count). The summed E-state index contributed by atoms with van der Waals surface area (Å²) in [4.78, 5) is 37.3. The number of aromatic nitrogens is 2. The van der Waals surface area contributed by atoms with Gasteiger partial charge in [-0.05, 0) is 49.8 Å². The molecule has 0 radical (unpaired) electrons. The van der Waals surface area contributed by atoms with Crippen LogP contribution < -0.4 is 15.9 Å². The Balaban J connectivity index is 1.94. The Labute approximate surface area is 179 Å². The molecule has 0 spiro atoms.